The van der Waals surface area contributed by atoms with Crippen molar-refractivity contribution < 1.29 is 9.59 Å². The number of amides is 2. The van der Waals surface area contributed by atoms with Crippen LogP contribution >= 0.6 is 0 Å². The van der Waals surface area contributed by atoms with Crippen LogP contribution in [-0.2, 0) is 22.4 Å². The molecule has 4 nitrogen and oxygen atoms in total. The van der Waals surface area contributed by atoms with Crippen LogP contribution in [0.15, 0.2) is 60.7 Å². The van der Waals surface area contributed by atoms with Gasteiger partial charge in [0.2, 0.25) is 0 Å². The Kier molecular flexibility index (Phi) is 11.7. The topological polar surface area (TPSA) is 58.2 Å². The molecule has 6 heteroatoms. The third-order valence-corrected chi connectivity index (χ3v) is 11.4. The van der Waals surface area contributed by atoms with Gasteiger partial charge in [0.15, 0.2) is 0 Å². The minimum atomic E-state index is 0.146. The summed E-state index contributed by atoms with van der Waals surface area (Å²) >= 11 is 0.988. The van der Waals surface area contributed by atoms with Crippen LogP contribution in [-0.4, -0.2) is 51.2 Å². The summed E-state index contributed by atoms with van der Waals surface area (Å²) in [7, 11) is 0. The van der Waals surface area contributed by atoms with Crippen molar-refractivity contribution in [3.8, 4) is 0 Å². The van der Waals surface area contributed by atoms with Gasteiger partial charge in [-0.05, 0) is 0 Å². The van der Waals surface area contributed by atoms with Crippen molar-refractivity contribution in [2.75, 3.05) is 13.1 Å². The maximum absolute atomic E-state index is 11.9. The van der Waals surface area contributed by atoms with E-state index in [1.807, 2.05) is 36.4 Å². The van der Waals surface area contributed by atoms with Crippen LogP contribution in [0.2, 0.25) is 10.6 Å². The zero-order chi connectivity index (χ0) is 19.9. The van der Waals surface area contributed by atoms with Gasteiger partial charge in [-0.3, -0.25) is 0 Å². The zero-order valence-electron chi connectivity index (χ0n) is 16.1. The minimum absolute atomic E-state index is 0.146. The molecule has 28 heavy (non-hydrogen) atoms. The van der Waals surface area contributed by atoms with Crippen molar-refractivity contribution in [2.45, 2.75) is 36.3 Å². The molecule has 0 spiro atoms. The number of carbonyl (C=O) groups excluding carboxylic acids is 2. The standard InChI is InChI=1S/C22H28N2O2Se2/c25-21(23-15-11-19-7-3-1-4-8-19)13-17-27-28-18-14-22(26)24-16-12-20-9-5-2-6-10-20/h1-10H,11-18H2,(H,23,25)(H,24,26). The third kappa shape index (κ3) is 10.7. The molecule has 2 rings (SSSR count). The van der Waals surface area contributed by atoms with E-state index in [1.54, 1.807) is 0 Å². The summed E-state index contributed by atoms with van der Waals surface area (Å²) in [5.41, 5.74) is 2.50. The molecule has 0 atom stereocenters. The van der Waals surface area contributed by atoms with E-state index in [0.29, 0.717) is 52.2 Å². The molecule has 0 aliphatic carbocycles. The maximum atomic E-state index is 11.9. The number of rotatable bonds is 13. The number of hydrogen-bond acceptors (Lipinski definition) is 2. The molecule has 2 amide bonds. The average molecular weight is 510 g/mol. The van der Waals surface area contributed by atoms with Crippen molar-refractivity contribution in [3.05, 3.63) is 71.8 Å². The molecule has 2 aromatic carbocycles. The molecule has 0 heterocycles. The first-order chi connectivity index (χ1) is 13.7. The van der Waals surface area contributed by atoms with Crippen molar-refractivity contribution >= 4 is 38.1 Å². The summed E-state index contributed by atoms with van der Waals surface area (Å²) in [5, 5.41) is 7.93. The molecule has 0 aromatic heterocycles. The van der Waals surface area contributed by atoms with E-state index in [1.165, 1.54) is 11.1 Å². The van der Waals surface area contributed by atoms with Gasteiger partial charge in [0.05, 0.1) is 0 Å². The summed E-state index contributed by atoms with van der Waals surface area (Å²) in [6.07, 6.45) is 2.97. The fraction of sp³-hybridized carbons (Fsp3) is 0.364. The van der Waals surface area contributed by atoms with Crippen LogP contribution < -0.4 is 10.6 Å². The van der Waals surface area contributed by atoms with Gasteiger partial charge >= 0.3 is 180 Å². The van der Waals surface area contributed by atoms with Gasteiger partial charge in [0.1, 0.15) is 0 Å². The summed E-state index contributed by atoms with van der Waals surface area (Å²) in [6.45, 7) is 1.40. The summed E-state index contributed by atoms with van der Waals surface area (Å²) < 4.78 is 0. The number of nitrogens with one attached hydrogen (secondary N) is 2. The molecular weight excluding hydrogens is 482 g/mol. The molecule has 0 fully saturated rings. The first kappa shape index (κ1) is 22.7. The van der Waals surface area contributed by atoms with E-state index >= 15 is 0 Å². The third-order valence-electron chi connectivity index (χ3n) is 4.07. The predicted octanol–water partition coefficient (Wildman–Crippen LogP) is 2.64. The molecule has 0 aliphatic rings. The Bertz CT molecular complexity index is 635. The van der Waals surface area contributed by atoms with Gasteiger partial charge in [0, 0.05) is 0 Å². The van der Waals surface area contributed by atoms with Gasteiger partial charge in [-0.25, -0.2) is 0 Å². The Balaban J connectivity index is 1.40. The Morgan fingerprint density at radius 1 is 0.643 bits per heavy atom. The van der Waals surface area contributed by atoms with Crippen molar-refractivity contribution in [1.82, 2.24) is 10.6 Å². The number of hydrogen-bond donors (Lipinski definition) is 2. The quantitative estimate of drug-likeness (QED) is 0.322. The van der Waals surface area contributed by atoms with Crippen LogP contribution in [0, 0.1) is 0 Å². The van der Waals surface area contributed by atoms with Gasteiger partial charge in [0.25, 0.3) is 0 Å². The van der Waals surface area contributed by atoms with E-state index in [9.17, 15) is 9.59 Å². The Hall–Kier alpha value is -1.58. The fourth-order valence-electron chi connectivity index (χ4n) is 2.55. The van der Waals surface area contributed by atoms with Gasteiger partial charge in [-0.2, -0.15) is 0 Å². The molecule has 150 valence electrons. The second kappa shape index (κ2) is 14.4. The first-order valence-corrected chi connectivity index (χ1v) is 16.4. The van der Waals surface area contributed by atoms with Crippen LogP contribution in [0.5, 0.6) is 0 Å². The SMILES string of the molecule is O=C(CC[Se][Se]CCC(=O)NCCc1ccccc1)NCCc1ccccc1. The van der Waals surface area contributed by atoms with Crippen LogP contribution in [0.25, 0.3) is 0 Å². The molecular formula is C22H28N2O2Se2. The molecule has 0 aliphatic heterocycles. The summed E-state index contributed by atoms with van der Waals surface area (Å²) in [5.74, 6) is 0.291. The van der Waals surface area contributed by atoms with E-state index in [4.69, 9.17) is 0 Å². The molecule has 2 aromatic rings. The zero-order valence-corrected chi connectivity index (χ0v) is 19.5. The van der Waals surface area contributed by atoms with Gasteiger partial charge < -0.3 is 0 Å². The van der Waals surface area contributed by atoms with Crippen LogP contribution in [0.1, 0.15) is 24.0 Å². The van der Waals surface area contributed by atoms with Crippen LogP contribution in [0.3, 0.4) is 0 Å². The van der Waals surface area contributed by atoms with Crippen LogP contribution in [0.4, 0.5) is 0 Å². The Morgan fingerprint density at radius 2 is 1.04 bits per heavy atom. The van der Waals surface area contributed by atoms with Crippen molar-refractivity contribution in [2.24, 2.45) is 0 Å². The molecule has 0 saturated carbocycles. The second-order valence-corrected chi connectivity index (χ2v) is 14.2. The van der Waals surface area contributed by atoms with E-state index in [2.05, 4.69) is 34.9 Å². The second-order valence-electron chi connectivity index (χ2n) is 6.32. The molecule has 0 bridgehead atoms. The Labute approximate surface area is 179 Å². The number of carbonyl (C=O) groups is 2. The molecule has 0 unspecified atom stereocenters. The molecule has 0 saturated heterocycles. The monoisotopic (exact) mass is 512 g/mol. The summed E-state index contributed by atoms with van der Waals surface area (Å²) in [6, 6.07) is 20.4. The summed E-state index contributed by atoms with van der Waals surface area (Å²) in [4.78, 5) is 23.7. The number of benzene rings is 2. The molecule has 2 N–H and O–H groups in total. The predicted molar refractivity (Wildman–Crippen MR) is 117 cm³/mol. The molecule has 0 radical (unpaired) electrons. The fourth-order valence-corrected chi connectivity index (χ4v) is 8.55. The van der Waals surface area contributed by atoms with E-state index in [0.717, 1.165) is 23.5 Å². The normalized spacial score (nSPS) is 10.4. The Morgan fingerprint density at radius 3 is 1.43 bits per heavy atom. The van der Waals surface area contributed by atoms with Gasteiger partial charge in [-0.1, -0.05) is 0 Å². The van der Waals surface area contributed by atoms with E-state index < -0.39 is 0 Å². The van der Waals surface area contributed by atoms with Crippen molar-refractivity contribution in [3.63, 3.8) is 0 Å². The van der Waals surface area contributed by atoms with Gasteiger partial charge in [-0.15, -0.1) is 0 Å². The first-order valence-electron chi connectivity index (χ1n) is 9.59. The average Bonchev–Trinajstić information content (AvgIpc) is 2.72. The van der Waals surface area contributed by atoms with E-state index in [-0.39, 0.29) is 11.8 Å². The van der Waals surface area contributed by atoms with Crippen molar-refractivity contribution in [1.29, 1.82) is 0 Å².